The lowest BCUT2D eigenvalue weighted by molar-refractivity contribution is 0.0198. The van der Waals surface area contributed by atoms with E-state index in [4.69, 9.17) is 18.9 Å². The van der Waals surface area contributed by atoms with Crippen LogP contribution in [-0.4, -0.2) is 46.7 Å². The summed E-state index contributed by atoms with van der Waals surface area (Å²) < 4.78 is 22.6. The summed E-state index contributed by atoms with van der Waals surface area (Å²) >= 11 is 1.13. The third-order valence-corrected chi connectivity index (χ3v) is 5.98. The molecule has 1 atom stereocenters. The molecule has 0 unspecified atom stereocenters. The van der Waals surface area contributed by atoms with Crippen molar-refractivity contribution in [2.24, 2.45) is 0 Å². The van der Waals surface area contributed by atoms with E-state index in [0.717, 1.165) is 16.9 Å². The number of aromatic nitrogens is 2. The van der Waals surface area contributed by atoms with Crippen molar-refractivity contribution >= 4 is 27.5 Å². The third-order valence-electron chi connectivity index (χ3n) is 4.80. The molecule has 4 rings (SSSR count). The molecule has 0 fully saturated rings. The molecule has 1 aromatic carbocycles. The monoisotopic (exact) mass is 446 g/mol. The Kier molecular flexibility index (Phi) is 6.21. The smallest absolute Gasteiger partial charge is 0.348 e. The highest BCUT2D eigenvalue weighted by Gasteiger charge is 2.21. The first-order chi connectivity index (χ1) is 15.0. The molecular weight excluding hydrogens is 424 g/mol. The van der Waals surface area contributed by atoms with Crippen LogP contribution in [0.5, 0.6) is 11.5 Å². The molecular formula is C21H22N2O7S. The maximum Gasteiger partial charge on any atom is 0.348 e. The van der Waals surface area contributed by atoms with E-state index >= 15 is 0 Å². The Labute approximate surface area is 181 Å². The van der Waals surface area contributed by atoms with Gasteiger partial charge in [-0.05, 0) is 37.1 Å². The highest BCUT2D eigenvalue weighted by Crippen LogP contribution is 2.32. The van der Waals surface area contributed by atoms with Crippen molar-refractivity contribution in [3.63, 3.8) is 0 Å². The van der Waals surface area contributed by atoms with E-state index < -0.39 is 12.1 Å². The number of benzene rings is 1. The highest BCUT2D eigenvalue weighted by atomic mass is 32.1. The molecule has 0 bridgehead atoms. The highest BCUT2D eigenvalue weighted by molar-refractivity contribution is 7.20. The lowest BCUT2D eigenvalue weighted by Crippen LogP contribution is -2.29. The van der Waals surface area contributed by atoms with E-state index in [1.165, 1.54) is 10.9 Å². The predicted octanol–water partition coefficient (Wildman–Crippen LogP) is 2.25. The predicted molar refractivity (Wildman–Crippen MR) is 113 cm³/mol. The second-order valence-electron chi connectivity index (χ2n) is 7.02. The molecule has 0 radical (unpaired) electrons. The third kappa shape index (κ3) is 4.41. The van der Waals surface area contributed by atoms with Crippen LogP contribution in [0.1, 0.15) is 27.7 Å². The minimum Gasteiger partial charge on any atom is -0.462 e. The van der Waals surface area contributed by atoms with Crippen LogP contribution in [0.15, 0.2) is 29.3 Å². The Bertz CT molecular complexity index is 1170. The zero-order valence-corrected chi connectivity index (χ0v) is 17.9. The number of thiophene rings is 1. The summed E-state index contributed by atoms with van der Waals surface area (Å²) in [5.41, 5.74) is 1.11. The van der Waals surface area contributed by atoms with E-state index in [0.29, 0.717) is 32.2 Å². The Balaban J connectivity index is 1.40. The van der Waals surface area contributed by atoms with E-state index in [1.54, 1.807) is 13.8 Å². The number of carbonyl (C=O) groups excluding carboxylic acids is 1. The van der Waals surface area contributed by atoms with Gasteiger partial charge in [0.05, 0.1) is 44.2 Å². The SMILES string of the molecule is CCOC(=O)c1sc2ncn(C[C@H](O)COCc3ccc4c(c3)OCO4)c(=O)c2c1C. The van der Waals surface area contributed by atoms with E-state index in [-0.39, 0.29) is 38.7 Å². The zero-order valence-electron chi connectivity index (χ0n) is 17.1. The lowest BCUT2D eigenvalue weighted by Gasteiger charge is -2.13. The van der Waals surface area contributed by atoms with Gasteiger partial charge in [0, 0.05) is 0 Å². The quantitative estimate of drug-likeness (QED) is 0.525. The Morgan fingerprint density at radius 1 is 1.35 bits per heavy atom. The molecule has 0 spiro atoms. The average Bonchev–Trinajstić information content (AvgIpc) is 3.34. The van der Waals surface area contributed by atoms with Gasteiger partial charge in [0.1, 0.15) is 9.71 Å². The minimum absolute atomic E-state index is 0.0208. The molecule has 0 aliphatic carbocycles. The number of esters is 1. The second-order valence-corrected chi connectivity index (χ2v) is 8.01. The molecule has 1 aliphatic heterocycles. The first-order valence-corrected chi connectivity index (χ1v) is 10.6. The summed E-state index contributed by atoms with van der Waals surface area (Å²) in [6.07, 6.45) is 0.464. The number of aliphatic hydroxyl groups excluding tert-OH is 1. The number of rotatable bonds is 8. The Morgan fingerprint density at radius 3 is 2.97 bits per heavy atom. The van der Waals surface area contributed by atoms with Crippen LogP contribution in [0.3, 0.4) is 0 Å². The van der Waals surface area contributed by atoms with Crippen molar-refractivity contribution in [2.75, 3.05) is 20.0 Å². The number of ether oxygens (including phenoxy) is 4. The van der Waals surface area contributed by atoms with Gasteiger partial charge in [-0.25, -0.2) is 9.78 Å². The Morgan fingerprint density at radius 2 is 2.16 bits per heavy atom. The standard InChI is InChI=1S/C21H22N2O7S/c1-3-28-21(26)18-12(2)17-19(31-18)22-10-23(20(17)25)7-14(24)9-27-8-13-4-5-15-16(6-13)30-11-29-15/h4-6,10,14,24H,3,7-9,11H2,1-2H3/t14-/m0/s1. The maximum atomic E-state index is 12.9. The van der Waals surface area contributed by atoms with E-state index in [1.807, 2.05) is 18.2 Å². The van der Waals surface area contributed by atoms with Gasteiger partial charge >= 0.3 is 5.97 Å². The van der Waals surface area contributed by atoms with Crippen molar-refractivity contribution in [2.45, 2.75) is 33.1 Å². The molecule has 31 heavy (non-hydrogen) atoms. The number of carbonyl (C=O) groups is 1. The first-order valence-electron chi connectivity index (χ1n) is 9.78. The fraction of sp³-hybridized carbons (Fsp3) is 0.381. The normalized spacial score (nSPS) is 13.5. The number of aliphatic hydroxyl groups is 1. The molecule has 164 valence electrons. The molecule has 1 N–H and O–H groups in total. The molecule has 0 amide bonds. The van der Waals surface area contributed by atoms with E-state index in [9.17, 15) is 14.7 Å². The van der Waals surface area contributed by atoms with Crippen LogP contribution in [-0.2, 0) is 22.6 Å². The van der Waals surface area contributed by atoms with Crippen LogP contribution in [0.4, 0.5) is 0 Å². The fourth-order valence-corrected chi connectivity index (χ4v) is 4.34. The first kappa shape index (κ1) is 21.3. The van der Waals surface area contributed by atoms with Gasteiger partial charge in [-0.15, -0.1) is 11.3 Å². The number of hydrogen-bond acceptors (Lipinski definition) is 9. The van der Waals surface area contributed by atoms with Crippen LogP contribution >= 0.6 is 11.3 Å². The minimum atomic E-state index is -0.908. The number of aryl methyl sites for hydroxylation is 1. The summed E-state index contributed by atoms with van der Waals surface area (Å²) in [5.74, 6) is 0.896. The average molecular weight is 446 g/mol. The van der Waals surface area contributed by atoms with Crippen LogP contribution in [0, 0.1) is 6.92 Å². The molecule has 0 saturated carbocycles. The number of fused-ring (bicyclic) bond motifs is 2. The second kappa shape index (κ2) is 9.04. The van der Waals surface area contributed by atoms with Gasteiger partial charge in [0.15, 0.2) is 11.5 Å². The van der Waals surface area contributed by atoms with Crippen molar-refractivity contribution in [3.05, 3.63) is 50.9 Å². The van der Waals surface area contributed by atoms with Crippen molar-refractivity contribution in [3.8, 4) is 11.5 Å². The van der Waals surface area contributed by atoms with E-state index in [2.05, 4.69) is 4.98 Å². The van der Waals surface area contributed by atoms with Crippen LogP contribution in [0.25, 0.3) is 10.2 Å². The summed E-state index contributed by atoms with van der Waals surface area (Å²) in [6, 6.07) is 5.51. The molecule has 9 nitrogen and oxygen atoms in total. The van der Waals surface area contributed by atoms with Gasteiger partial charge < -0.3 is 24.1 Å². The summed E-state index contributed by atoms with van der Waals surface area (Å²) in [6.45, 7) is 4.22. The van der Waals surface area contributed by atoms with Gasteiger partial charge in [0.25, 0.3) is 5.56 Å². The van der Waals surface area contributed by atoms with Crippen molar-refractivity contribution in [1.29, 1.82) is 0 Å². The molecule has 3 aromatic rings. The fourth-order valence-electron chi connectivity index (χ4n) is 3.30. The summed E-state index contributed by atoms with van der Waals surface area (Å²) in [4.78, 5) is 30.1. The van der Waals surface area contributed by atoms with Crippen LogP contribution < -0.4 is 15.0 Å². The zero-order chi connectivity index (χ0) is 22.0. The number of nitrogens with zero attached hydrogens (tertiary/aromatic N) is 2. The summed E-state index contributed by atoms with van der Waals surface area (Å²) in [7, 11) is 0. The lowest BCUT2D eigenvalue weighted by atomic mass is 10.2. The van der Waals surface area contributed by atoms with Gasteiger partial charge in [0.2, 0.25) is 6.79 Å². The molecule has 0 saturated heterocycles. The van der Waals surface area contributed by atoms with Gasteiger partial charge in [-0.3, -0.25) is 9.36 Å². The van der Waals surface area contributed by atoms with Gasteiger partial charge in [-0.2, -0.15) is 0 Å². The van der Waals surface area contributed by atoms with Crippen molar-refractivity contribution < 1.29 is 28.8 Å². The molecule has 1 aliphatic rings. The van der Waals surface area contributed by atoms with Gasteiger partial charge in [-0.1, -0.05) is 6.07 Å². The molecule has 2 aromatic heterocycles. The maximum absolute atomic E-state index is 12.9. The van der Waals surface area contributed by atoms with Crippen molar-refractivity contribution in [1.82, 2.24) is 9.55 Å². The summed E-state index contributed by atoms with van der Waals surface area (Å²) in [5, 5.41) is 10.7. The largest absolute Gasteiger partial charge is 0.462 e. The van der Waals surface area contributed by atoms with Crippen LogP contribution in [0.2, 0.25) is 0 Å². The Hall–Kier alpha value is -2.95. The molecule has 10 heteroatoms. The molecule has 3 heterocycles. The number of hydrogen-bond donors (Lipinski definition) is 1. The topological polar surface area (TPSA) is 109 Å².